The molecule has 0 aliphatic heterocycles. The van der Waals surface area contributed by atoms with Gasteiger partial charge in [-0.2, -0.15) is 5.10 Å². The second-order valence-corrected chi connectivity index (χ2v) is 7.46. The second kappa shape index (κ2) is 7.63. The Morgan fingerprint density at radius 1 is 1.18 bits per heavy atom. The third-order valence-electron chi connectivity index (χ3n) is 4.03. The number of anilines is 1. The molecule has 3 N–H and O–H groups in total. The zero-order chi connectivity index (χ0) is 19.7. The van der Waals surface area contributed by atoms with Gasteiger partial charge in [0.15, 0.2) is 5.71 Å². The number of thiazole rings is 1. The Labute approximate surface area is 173 Å². The molecule has 0 aliphatic carbocycles. The number of carbonyl (C=O) groups is 1. The molecule has 28 heavy (non-hydrogen) atoms. The minimum Gasteiger partial charge on any atom is -0.476 e. The third kappa shape index (κ3) is 3.60. The van der Waals surface area contributed by atoms with Crippen molar-refractivity contribution in [3.8, 4) is 11.3 Å². The molecule has 4 rings (SSSR count). The quantitative estimate of drug-likeness (QED) is 0.288. The summed E-state index contributed by atoms with van der Waals surface area (Å²) in [5.41, 5.74) is 5.45. The number of halogens is 2. The van der Waals surface area contributed by atoms with Crippen LogP contribution in [0.2, 0.25) is 10.0 Å². The number of carboxylic acids is 1. The number of hydrogen-bond acceptors (Lipinski definition) is 5. The van der Waals surface area contributed by atoms with Gasteiger partial charge in [-0.25, -0.2) is 9.78 Å². The SMILES string of the molecule is O=C(O)/C(=N/Nc1nc(-c2ccc(Cl)c(Cl)c2)cs1)c1c[nH]c2ccccc12. The number of aromatic nitrogens is 2. The molecule has 0 spiro atoms. The summed E-state index contributed by atoms with van der Waals surface area (Å²) in [6.07, 6.45) is 1.63. The van der Waals surface area contributed by atoms with E-state index in [4.69, 9.17) is 23.2 Å². The molecular weight excluding hydrogens is 419 g/mol. The van der Waals surface area contributed by atoms with Crippen LogP contribution < -0.4 is 5.43 Å². The largest absolute Gasteiger partial charge is 0.476 e. The number of para-hydroxylation sites is 1. The molecule has 0 unspecified atom stereocenters. The highest BCUT2D eigenvalue weighted by molar-refractivity contribution is 7.14. The molecule has 0 bridgehead atoms. The van der Waals surface area contributed by atoms with Crippen LogP contribution in [0.15, 0.2) is 59.1 Å². The Morgan fingerprint density at radius 3 is 2.79 bits per heavy atom. The van der Waals surface area contributed by atoms with E-state index >= 15 is 0 Å². The molecule has 2 aromatic heterocycles. The van der Waals surface area contributed by atoms with Crippen molar-refractivity contribution in [1.29, 1.82) is 0 Å². The zero-order valence-corrected chi connectivity index (χ0v) is 16.4. The number of aliphatic carboxylic acids is 1. The van der Waals surface area contributed by atoms with Gasteiger partial charge in [0.25, 0.3) is 0 Å². The molecule has 0 amide bonds. The summed E-state index contributed by atoms with van der Waals surface area (Å²) in [4.78, 5) is 19.2. The van der Waals surface area contributed by atoms with Gasteiger partial charge in [0.2, 0.25) is 5.13 Å². The van der Waals surface area contributed by atoms with Gasteiger partial charge in [-0.1, -0.05) is 47.5 Å². The van der Waals surface area contributed by atoms with Gasteiger partial charge in [0.05, 0.1) is 15.7 Å². The van der Waals surface area contributed by atoms with Crippen molar-refractivity contribution in [2.75, 3.05) is 5.43 Å². The summed E-state index contributed by atoms with van der Waals surface area (Å²) in [6.45, 7) is 0. The Balaban J connectivity index is 1.62. The lowest BCUT2D eigenvalue weighted by Gasteiger charge is -2.01. The number of H-pyrrole nitrogens is 1. The topological polar surface area (TPSA) is 90.4 Å². The second-order valence-electron chi connectivity index (χ2n) is 5.79. The molecule has 0 aliphatic rings. The number of benzene rings is 2. The van der Waals surface area contributed by atoms with Crippen molar-refractivity contribution in [2.45, 2.75) is 0 Å². The van der Waals surface area contributed by atoms with E-state index in [9.17, 15) is 9.90 Å². The molecule has 2 heterocycles. The maximum absolute atomic E-state index is 11.7. The summed E-state index contributed by atoms with van der Waals surface area (Å²) in [5.74, 6) is -1.14. The van der Waals surface area contributed by atoms with Gasteiger partial charge in [-0.05, 0) is 18.2 Å². The number of nitrogens with zero attached hydrogens (tertiary/aromatic N) is 2. The van der Waals surface area contributed by atoms with Crippen LogP contribution in [0.3, 0.4) is 0 Å². The van der Waals surface area contributed by atoms with E-state index in [0.29, 0.717) is 26.4 Å². The number of hydrogen-bond donors (Lipinski definition) is 3. The van der Waals surface area contributed by atoms with Gasteiger partial charge in [0, 0.05) is 33.6 Å². The van der Waals surface area contributed by atoms with Crippen LogP contribution in [-0.2, 0) is 4.79 Å². The number of carboxylic acid groups (broad SMARTS) is 1. The van der Waals surface area contributed by atoms with Gasteiger partial charge >= 0.3 is 5.97 Å². The average molecular weight is 431 g/mol. The molecule has 6 nitrogen and oxygen atoms in total. The number of hydrazone groups is 1. The van der Waals surface area contributed by atoms with E-state index < -0.39 is 5.97 Å². The first-order valence-corrected chi connectivity index (χ1v) is 9.71. The number of aromatic amines is 1. The highest BCUT2D eigenvalue weighted by atomic mass is 35.5. The molecule has 0 saturated heterocycles. The Hall–Kier alpha value is -2.87. The Kier molecular flexibility index (Phi) is 5.04. The lowest BCUT2D eigenvalue weighted by Crippen LogP contribution is -2.16. The standard InChI is InChI=1S/C19H12Cl2N4O2S/c20-13-6-5-10(7-14(13)21)16-9-28-19(23-16)25-24-17(18(26)27)12-8-22-15-4-2-1-3-11(12)15/h1-9,22H,(H,23,25)(H,26,27)/b24-17+. The summed E-state index contributed by atoms with van der Waals surface area (Å²) in [7, 11) is 0. The summed E-state index contributed by atoms with van der Waals surface area (Å²) in [5, 5.41) is 17.6. The van der Waals surface area contributed by atoms with Gasteiger partial charge < -0.3 is 10.1 Å². The molecule has 0 atom stereocenters. The van der Waals surface area contributed by atoms with Crippen molar-refractivity contribution < 1.29 is 9.90 Å². The third-order valence-corrected chi connectivity index (χ3v) is 5.52. The van der Waals surface area contributed by atoms with Gasteiger partial charge in [0.1, 0.15) is 0 Å². The van der Waals surface area contributed by atoms with Crippen LogP contribution in [-0.4, -0.2) is 26.8 Å². The first kappa shape index (κ1) is 18.5. The first-order valence-electron chi connectivity index (χ1n) is 8.07. The van der Waals surface area contributed by atoms with E-state index in [0.717, 1.165) is 16.5 Å². The molecule has 140 valence electrons. The van der Waals surface area contributed by atoms with Crippen molar-refractivity contribution >= 4 is 62.3 Å². The Morgan fingerprint density at radius 2 is 2.00 bits per heavy atom. The molecule has 9 heteroatoms. The molecule has 0 radical (unpaired) electrons. The monoisotopic (exact) mass is 430 g/mol. The zero-order valence-electron chi connectivity index (χ0n) is 14.1. The van der Waals surface area contributed by atoms with E-state index in [1.54, 1.807) is 18.3 Å². The lowest BCUT2D eigenvalue weighted by molar-refractivity contribution is -0.129. The highest BCUT2D eigenvalue weighted by Gasteiger charge is 2.17. The van der Waals surface area contributed by atoms with Crippen molar-refractivity contribution in [1.82, 2.24) is 9.97 Å². The van der Waals surface area contributed by atoms with E-state index in [-0.39, 0.29) is 5.71 Å². The summed E-state index contributed by atoms with van der Waals surface area (Å²) >= 11 is 13.3. The molecule has 0 fully saturated rings. The van der Waals surface area contributed by atoms with Crippen LogP contribution in [0.5, 0.6) is 0 Å². The maximum atomic E-state index is 11.7. The van der Waals surface area contributed by atoms with Crippen molar-refractivity contribution in [2.24, 2.45) is 5.10 Å². The Bertz CT molecular complexity index is 1220. The van der Waals surface area contributed by atoms with E-state index in [1.165, 1.54) is 11.3 Å². The van der Waals surface area contributed by atoms with E-state index in [1.807, 2.05) is 35.7 Å². The van der Waals surface area contributed by atoms with Crippen LogP contribution >= 0.6 is 34.5 Å². The van der Waals surface area contributed by atoms with Gasteiger partial charge in [-0.3, -0.25) is 5.43 Å². The molecule has 4 aromatic rings. The van der Waals surface area contributed by atoms with Crippen molar-refractivity contribution in [3.05, 3.63) is 69.7 Å². The fourth-order valence-electron chi connectivity index (χ4n) is 2.71. The fourth-order valence-corrected chi connectivity index (χ4v) is 3.67. The first-order chi connectivity index (χ1) is 13.5. The van der Waals surface area contributed by atoms with Crippen LogP contribution in [0, 0.1) is 0 Å². The average Bonchev–Trinajstić information content (AvgIpc) is 3.32. The maximum Gasteiger partial charge on any atom is 0.357 e. The minimum absolute atomic E-state index is 0.108. The highest BCUT2D eigenvalue weighted by Crippen LogP contribution is 2.30. The van der Waals surface area contributed by atoms with Crippen molar-refractivity contribution in [3.63, 3.8) is 0 Å². The van der Waals surface area contributed by atoms with Crippen LogP contribution in [0.25, 0.3) is 22.2 Å². The van der Waals surface area contributed by atoms with Gasteiger partial charge in [-0.15, -0.1) is 11.3 Å². The van der Waals surface area contributed by atoms with Crippen LogP contribution in [0.1, 0.15) is 5.56 Å². The predicted molar refractivity (Wildman–Crippen MR) is 114 cm³/mol. The number of nitrogens with one attached hydrogen (secondary N) is 2. The van der Waals surface area contributed by atoms with Crippen LogP contribution in [0.4, 0.5) is 5.13 Å². The number of rotatable bonds is 5. The molecular formula is C19H12Cl2N4O2S. The van der Waals surface area contributed by atoms with E-state index in [2.05, 4.69) is 20.5 Å². The summed E-state index contributed by atoms with van der Waals surface area (Å²) < 4.78 is 0. The number of fused-ring (bicyclic) bond motifs is 1. The normalized spacial score (nSPS) is 11.7. The predicted octanol–water partition coefficient (Wildman–Crippen LogP) is 5.50. The smallest absolute Gasteiger partial charge is 0.357 e. The summed E-state index contributed by atoms with van der Waals surface area (Å²) in [6, 6.07) is 12.7. The lowest BCUT2D eigenvalue weighted by atomic mass is 10.1. The molecule has 0 saturated carbocycles. The molecule has 2 aromatic carbocycles. The minimum atomic E-state index is -1.14. The fraction of sp³-hybridized carbons (Fsp3) is 0.